The molecule has 0 aliphatic rings. The summed E-state index contributed by atoms with van der Waals surface area (Å²) >= 11 is 0. The second-order valence-electron chi connectivity index (χ2n) is 13.2. The summed E-state index contributed by atoms with van der Waals surface area (Å²) in [4.78, 5) is 12.5. The zero-order valence-corrected chi connectivity index (χ0v) is 33.0. The molecule has 7 heteroatoms. The van der Waals surface area contributed by atoms with Gasteiger partial charge in [-0.05, 0) is 83.5 Å². The maximum Gasteiger partial charge on any atom is 0.267 e. The summed E-state index contributed by atoms with van der Waals surface area (Å²) in [6.45, 7) is 4.39. The van der Waals surface area contributed by atoms with E-state index in [1.165, 1.54) is 63.9 Å². The number of nitrogens with one attached hydrogen (secondary N) is 1. The van der Waals surface area contributed by atoms with Crippen LogP contribution in [-0.2, 0) is 14.9 Å². The molecule has 2 unspecified atom stereocenters. The van der Waals surface area contributed by atoms with Crippen molar-refractivity contribution in [2.75, 3.05) is 5.75 Å². The summed E-state index contributed by atoms with van der Waals surface area (Å²) < 4.78 is 32.4. The van der Waals surface area contributed by atoms with Gasteiger partial charge in [-0.1, -0.05) is 162 Å². The second-order valence-corrected chi connectivity index (χ2v) is 14.7. The Balaban J connectivity index is 4.16. The third-order valence-corrected chi connectivity index (χ3v) is 9.00. The van der Waals surface area contributed by atoms with Crippen LogP contribution in [0.1, 0.15) is 155 Å². The van der Waals surface area contributed by atoms with Gasteiger partial charge in [-0.25, -0.2) is 0 Å². The van der Waals surface area contributed by atoms with Crippen molar-refractivity contribution in [3.63, 3.8) is 0 Å². The predicted octanol–water partition coefficient (Wildman–Crippen LogP) is 11.8. The number of aliphatic hydroxyl groups excluding tert-OH is 1. The van der Waals surface area contributed by atoms with Gasteiger partial charge < -0.3 is 10.4 Å². The third-order valence-electron chi connectivity index (χ3n) is 8.22. The molecule has 0 spiro atoms. The Bertz CT molecular complexity index is 1160. The van der Waals surface area contributed by atoms with Gasteiger partial charge in [0.2, 0.25) is 5.91 Å². The number of carbonyl (C=O) groups excluding carboxylic acids is 1. The van der Waals surface area contributed by atoms with Crippen molar-refractivity contribution in [1.82, 2.24) is 5.32 Å². The molecule has 3 N–H and O–H groups in total. The van der Waals surface area contributed by atoms with Crippen LogP contribution in [0.25, 0.3) is 0 Å². The van der Waals surface area contributed by atoms with Crippen LogP contribution >= 0.6 is 0 Å². The molecule has 0 saturated heterocycles. The lowest BCUT2D eigenvalue weighted by Crippen LogP contribution is -2.46. The highest BCUT2D eigenvalue weighted by molar-refractivity contribution is 7.85. The highest BCUT2D eigenvalue weighted by Gasteiger charge is 2.24. The first-order chi connectivity index (χ1) is 24.8. The average Bonchev–Trinajstić information content (AvgIpc) is 3.09. The van der Waals surface area contributed by atoms with E-state index in [0.717, 1.165) is 64.2 Å². The molecule has 0 aromatic heterocycles. The van der Waals surface area contributed by atoms with Crippen LogP contribution in [0.4, 0.5) is 0 Å². The molecule has 0 fully saturated rings. The van der Waals surface area contributed by atoms with Crippen LogP contribution in [0.2, 0.25) is 0 Å². The van der Waals surface area contributed by atoms with Crippen LogP contribution in [-0.4, -0.2) is 41.9 Å². The number of amides is 1. The zero-order valence-electron chi connectivity index (χ0n) is 32.2. The Hall–Kier alpha value is -2.74. The lowest BCUT2D eigenvalue weighted by molar-refractivity contribution is -0.122. The zero-order chi connectivity index (χ0) is 37.5. The topological polar surface area (TPSA) is 104 Å². The van der Waals surface area contributed by atoms with Gasteiger partial charge in [0.15, 0.2) is 0 Å². The van der Waals surface area contributed by atoms with Crippen molar-refractivity contribution in [3.8, 4) is 0 Å². The minimum absolute atomic E-state index is 0.200. The summed E-state index contributed by atoms with van der Waals surface area (Å²) in [5, 5.41) is 13.1. The molecule has 0 aliphatic heterocycles. The van der Waals surface area contributed by atoms with E-state index in [2.05, 4.69) is 98.2 Å². The van der Waals surface area contributed by atoms with Crippen molar-refractivity contribution in [2.24, 2.45) is 0 Å². The molecule has 0 saturated carbocycles. The lowest BCUT2D eigenvalue weighted by atomic mass is 10.1. The fourth-order valence-corrected chi connectivity index (χ4v) is 6.01. The molecule has 0 heterocycles. The van der Waals surface area contributed by atoms with E-state index in [1.807, 2.05) is 6.08 Å². The maximum absolute atomic E-state index is 12.5. The standard InChI is InChI=1S/C44H73NO5S/c1-3-5-7-9-11-13-15-17-19-21-22-24-25-27-29-31-33-35-37-39-43(46)42(41-51(48,49)50)45-44(47)40-38-36-34-32-30-28-26-23-20-18-16-14-12-10-8-6-4-2/h6,8,12,14,18,20,22,24,26,28-29,31-32,34,37,39,42-43,46H,3-5,7,9-11,13,15-17,19,21,23,25,27,30,33,35-36,38,40-41H2,1-2H3,(H,45,47)(H,48,49,50)/b8-6-,14-12-,20-18-,24-22+,28-26-,31-29+,34-32-,39-37+. The Morgan fingerprint density at radius 3 is 1.47 bits per heavy atom. The molecule has 0 rings (SSSR count). The van der Waals surface area contributed by atoms with Crippen molar-refractivity contribution < 1.29 is 22.9 Å². The van der Waals surface area contributed by atoms with E-state index in [4.69, 9.17) is 0 Å². The minimum atomic E-state index is -4.38. The molecule has 0 bridgehead atoms. The molecule has 1 amide bonds. The highest BCUT2D eigenvalue weighted by Crippen LogP contribution is 2.11. The van der Waals surface area contributed by atoms with Gasteiger partial charge >= 0.3 is 0 Å². The van der Waals surface area contributed by atoms with Crippen LogP contribution in [0, 0.1) is 0 Å². The van der Waals surface area contributed by atoms with Gasteiger partial charge in [-0.2, -0.15) is 8.42 Å². The van der Waals surface area contributed by atoms with Crippen molar-refractivity contribution in [1.29, 1.82) is 0 Å². The first kappa shape index (κ1) is 48.3. The predicted molar refractivity (Wildman–Crippen MR) is 220 cm³/mol. The Morgan fingerprint density at radius 2 is 0.961 bits per heavy atom. The number of rotatable bonds is 34. The number of aliphatic hydroxyl groups is 1. The van der Waals surface area contributed by atoms with Gasteiger partial charge in [0.1, 0.15) is 0 Å². The fourth-order valence-electron chi connectivity index (χ4n) is 5.28. The molecule has 0 aliphatic carbocycles. The first-order valence-corrected chi connectivity index (χ1v) is 21.5. The van der Waals surface area contributed by atoms with Crippen LogP contribution in [0.3, 0.4) is 0 Å². The van der Waals surface area contributed by atoms with E-state index >= 15 is 0 Å². The molecule has 6 nitrogen and oxygen atoms in total. The van der Waals surface area contributed by atoms with Gasteiger partial charge in [-0.3, -0.25) is 9.35 Å². The second kappa shape index (κ2) is 37.0. The molecule has 0 aromatic rings. The van der Waals surface area contributed by atoms with Crippen LogP contribution in [0.5, 0.6) is 0 Å². The van der Waals surface area contributed by atoms with E-state index < -0.39 is 28.0 Å². The largest absolute Gasteiger partial charge is 0.387 e. The molecule has 2 atom stereocenters. The van der Waals surface area contributed by atoms with E-state index in [1.54, 1.807) is 6.08 Å². The van der Waals surface area contributed by atoms with E-state index in [-0.39, 0.29) is 12.3 Å². The molecular weight excluding hydrogens is 655 g/mol. The lowest BCUT2D eigenvalue weighted by Gasteiger charge is -2.21. The molecule has 0 aromatic carbocycles. The van der Waals surface area contributed by atoms with Crippen LogP contribution in [0.15, 0.2) is 97.2 Å². The quantitative estimate of drug-likeness (QED) is 0.0348. The van der Waals surface area contributed by atoms with Gasteiger partial charge in [0, 0.05) is 6.42 Å². The van der Waals surface area contributed by atoms with Gasteiger partial charge in [0.05, 0.1) is 17.9 Å². The molecule has 290 valence electrons. The van der Waals surface area contributed by atoms with Crippen molar-refractivity contribution >= 4 is 16.0 Å². The Kier molecular flexibility index (Phi) is 35.0. The number of unbranched alkanes of at least 4 members (excludes halogenated alkanes) is 12. The number of carbonyl (C=O) groups is 1. The van der Waals surface area contributed by atoms with Crippen LogP contribution < -0.4 is 5.32 Å². The third kappa shape index (κ3) is 38.3. The van der Waals surface area contributed by atoms with Gasteiger partial charge in [-0.15, -0.1) is 0 Å². The van der Waals surface area contributed by atoms with Crippen molar-refractivity contribution in [2.45, 2.75) is 167 Å². The number of hydrogen-bond donors (Lipinski definition) is 3. The normalized spacial score (nSPS) is 14.4. The number of hydrogen-bond acceptors (Lipinski definition) is 4. The first-order valence-electron chi connectivity index (χ1n) is 19.9. The molecule has 0 radical (unpaired) electrons. The smallest absolute Gasteiger partial charge is 0.267 e. The Labute approximate surface area is 313 Å². The maximum atomic E-state index is 12.5. The summed E-state index contributed by atoms with van der Waals surface area (Å²) in [6.07, 6.45) is 55.4. The Morgan fingerprint density at radius 1 is 0.549 bits per heavy atom. The summed E-state index contributed by atoms with van der Waals surface area (Å²) in [7, 11) is -4.38. The van der Waals surface area contributed by atoms with E-state index in [0.29, 0.717) is 12.8 Å². The average molecular weight is 728 g/mol. The minimum Gasteiger partial charge on any atom is -0.387 e. The monoisotopic (exact) mass is 728 g/mol. The fraction of sp³-hybridized carbons (Fsp3) is 0.614. The highest BCUT2D eigenvalue weighted by atomic mass is 32.2. The SMILES string of the molecule is CC/C=C\C/C=C\C/C=C\C/C=C\C/C=C\CCCC(=O)NC(CS(=O)(=O)O)C(O)/C=C/CC/C=C/CC/C=C/CCCCCCCCCCC. The summed E-state index contributed by atoms with van der Waals surface area (Å²) in [5.74, 6) is -1.10. The van der Waals surface area contributed by atoms with Gasteiger partial charge in [0.25, 0.3) is 10.1 Å². The molecular formula is C44H73NO5S. The van der Waals surface area contributed by atoms with Crippen molar-refractivity contribution in [3.05, 3.63) is 97.2 Å². The number of allylic oxidation sites excluding steroid dienone is 15. The summed E-state index contributed by atoms with van der Waals surface area (Å²) in [6, 6.07) is -1.12. The van der Waals surface area contributed by atoms with E-state index in [9.17, 15) is 22.9 Å². The molecule has 51 heavy (non-hydrogen) atoms. The summed E-state index contributed by atoms with van der Waals surface area (Å²) in [5.41, 5.74) is 0.